The summed E-state index contributed by atoms with van der Waals surface area (Å²) in [6, 6.07) is 4.33. The van der Waals surface area contributed by atoms with Gasteiger partial charge in [0, 0.05) is 19.2 Å². The number of benzene rings is 1. The van der Waals surface area contributed by atoms with Crippen LogP contribution in [0.1, 0.15) is 25.3 Å². The monoisotopic (exact) mass is 392 g/mol. The topological polar surface area (TPSA) is 97.1 Å². The van der Waals surface area contributed by atoms with Gasteiger partial charge in [-0.1, -0.05) is 31.0 Å². The number of anilines is 1. The molecule has 2 aromatic heterocycles. The summed E-state index contributed by atoms with van der Waals surface area (Å²) in [5, 5.41) is 4.22. The molecule has 0 aliphatic carbocycles. The lowest BCUT2D eigenvalue weighted by Crippen LogP contribution is -2.29. The van der Waals surface area contributed by atoms with E-state index in [4.69, 9.17) is 11.6 Å². The Hall–Kier alpha value is -2.94. The molecule has 0 aliphatic rings. The Morgan fingerprint density at radius 1 is 1.41 bits per heavy atom. The van der Waals surface area contributed by atoms with Gasteiger partial charge in [-0.15, -0.1) is 0 Å². The highest BCUT2D eigenvalue weighted by Gasteiger charge is 2.16. The molecule has 8 nitrogen and oxygen atoms in total. The average molecular weight is 393 g/mol. The molecular weight excluding hydrogens is 375 g/mol. The molecule has 2 heterocycles. The number of rotatable bonds is 6. The summed E-state index contributed by atoms with van der Waals surface area (Å²) in [5.41, 5.74) is 2.28. The smallest absolute Gasteiger partial charge is 0.303 e. The summed E-state index contributed by atoms with van der Waals surface area (Å²) >= 11 is 5.97. The predicted octanol–water partition coefficient (Wildman–Crippen LogP) is 2.46. The van der Waals surface area contributed by atoms with E-state index in [0.717, 1.165) is 12.8 Å². The predicted molar refractivity (Wildman–Crippen MR) is 103 cm³/mol. The molecular formula is C17H18ClFN6O2. The lowest BCUT2D eigenvalue weighted by Gasteiger charge is -2.07. The minimum atomic E-state index is -0.555. The molecule has 0 radical (unpaired) electrons. The van der Waals surface area contributed by atoms with Crippen molar-refractivity contribution in [2.75, 3.05) is 5.43 Å². The molecule has 0 fully saturated rings. The first-order chi connectivity index (χ1) is 12.9. The SMILES string of the molecule is CCCCn1c(N/N=C\c2c(F)cccc2Cl)nc2c1c(=O)[nH]c(=O)n2C. The van der Waals surface area contributed by atoms with Crippen molar-refractivity contribution in [3.8, 4) is 0 Å². The highest BCUT2D eigenvalue weighted by molar-refractivity contribution is 6.33. The van der Waals surface area contributed by atoms with E-state index in [1.54, 1.807) is 10.6 Å². The van der Waals surface area contributed by atoms with Crippen LogP contribution in [0.3, 0.4) is 0 Å². The summed E-state index contributed by atoms with van der Waals surface area (Å²) in [7, 11) is 1.52. The number of nitrogens with one attached hydrogen (secondary N) is 2. The maximum Gasteiger partial charge on any atom is 0.329 e. The van der Waals surface area contributed by atoms with Crippen LogP contribution >= 0.6 is 11.6 Å². The molecule has 27 heavy (non-hydrogen) atoms. The maximum atomic E-state index is 13.8. The molecule has 0 amide bonds. The van der Waals surface area contributed by atoms with Crippen LogP contribution in [0.5, 0.6) is 0 Å². The molecule has 3 aromatic rings. The first-order valence-electron chi connectivity index (χ1n) is 8.36. The molecule has 0 atom stereocenters. The number of imidazole rings is 1. The van der Waals surface area contributed by atoms with Crippen LogP contribution in [-0.2, 0) is 13.6 Å². The second-order valence-corrected chi connectivity index (χ2v) is 6.34. The van der Waals surface area contributed by atoms with E-state index >= 15 is 0 Å². The number of aromatic amines is 1. The summed E-state index contributed by atoms with van der Waals surface area (Å²) in [5.74, 6) is -0.236. The van der Waals surface area contributed by atoms with E-state index in [1.165, 1.54) is 30.0 Å². The highest BCUT2D eigenvalue weighted by Crippen LogP contribution is 2.18. The quantitative estimate of drug-likeness (QED) is 0.497. The normalized spacial score (nSPS) is 11.6. The van der Waals surface area contributed by atoms with Crippen molar-refractivity contribution in [1.82, 2.24) is 19.1 Å². The third kappa shape index (κ3) is 3.63. The number of aryl methyl sites for hydroxylation is 2. The fraction of sp³-hybridized carbons (Fsp3) is 0.294. The largest absolute Gasteiger partial charge is 0.329 e. The Bertz CT molecular complexity index is 1110. The van der Waals surface area contributed by atoms with Crippen molar-refractivity contribution in [2.24, 2.45) is 12.1 Å². The fourth-order valence-electron chi connectivity index (χ4n) is 2.64. The van der Waals surface area contributed by atoms with E-state index < -0.39 is 17.1 Å². The molecule has 0 unspecified atom stereocenters. The van der Waals surface area contributed by atoms with Crippen LogP contribution in [0.2, 0.25) is 5.02 Å². The standard InChI is InChI=1S/C17H18ClFN6O2/c1-3-4-8-25-13-14(24(2)17(27)22-15(13)26)21-16(25)23-20-9-10-11(18)6-5-7-12(10)19/h5-7,9H,3-4,8H2,1-2H3,(H,21,23)(H,22,26,27)/b20-9-. The van der Waals surface area contributed by atoms with Crippen LogP contribution < -0.4 is 16.7 Å². The van der Waals surface area contributed by atoms with Crippen molar-refractivity contribution in [2.45, 2.75) is 26.3 Å². The molecule has 3 rings (SSSR count). The fourth-order valence-corrected chi connectivity index (χ4v) is 2.85. The Morgan fingerprint density at radius 2 is 2.19 bits per heavy atom. The Labute approximate surface area is 158 Å². The first kappa shape index (κ1) is 18.8. The van der Waals surface area contributed by atoms with Crippen LogP contribution in [-0.4, -0.2) is 25.3 Å². The van der Waals surface area contributed by atoms with E-state index in [1.807, 2.05) is 6.92 Å². The van der Waals surface area contributed by atoms with Gasteiger partial charge in [0.05, 0.1) is 11.2 Å². The average Bonchev–Trinajstić information content (AvgIpc) is 2.99. The Morgan fingerprint density at radius 3 is 2.89 bits per heavy atom. The number of hydrogen-bond acceptors (Lipinski definition) is 5. The Balaban J connectivity index is 2.04. The van der Waals surface area contributed by atoms with Gasteiger partial charge in [-0.2, -0.15) is 10.1 Å². The van der Waals surface area contributed by atoms with Crippen LogP contribution in [0.25, 0.3) is 11.2 Å². The van der Waals surface area contributed by atoms with Crippen molar-refractivity contribution < 1.29 is 4.39 Å². The second kappa shape index (κ2) is 7.75. The van der Waals surface area contributed by atoms with Crippen molar-refractivity contribution in [3.05, 3.63) is 55.4 Å². The number of halogens is 2. The molecule has 2 N–H and O–H groups in total. The van der Waals surface area contributed by atoms with Gasteiger partial charge >= 0.3 is 5.69 Å². The summed E-state index contributed by atoms with van der Waals surface area (Å²) < 4.78 is 16.7. The van der Waals surface area contributed by atoms with E-state index in [9.17, 15) is 14.0 Å². The molecule has 10 heteroatoms. The molecule has 0 bridgehead atoms. The summed E-state index contributed by atoms with van der Waals surface area (Å²) in [4.78, 5) is 30.7. The third-order valence-corrected chi connectivity index (χ3v) is 4.43. The number of unbranched alkanes of at least 4 members (excludes halogenated alkanes) is 1. The van der Waals surface area contributed by atoms with Crippen molar-refractivity contribution >= 4 is 34.9 Å². The molecule has 1 aromatic carbocycles. The highest BCUT2D eigenvalue weighted by atomic mass is 35.5. The van der Waals surface area contributed by atoms with E-state index in [0.29, 0.717) is 6.54 Å². The van der Waals surface area contributed by atoms with Gasteiger partial charge in [0.15, 0.2) is 11.2 Å². The van der Waals surface area contributed by atoms with Gasteiger partial charge in [0.25, 0.3) is 5.56 Å². The zero-order valence-corrected chi connectivity index (χ0v) is 15.5. The molecule has 0 saturated heterocycles. The van der Waals surface area contributed by atoms with Crippen LogP contribution in [0.4, 0.5) is 10.3 Å². The van der Waals surface area contributed by atoms with Gasteiger partial charge < -0.3 is 4.57 Å². The summed E-state index contributed by atoms with van der Waals surface area (Å²) in [6.45, 7) is 2.52. The van der Waals surface area contributed by atoms with E-state index in [2.05, 4.69) is 20.5 Å². The number of nitrogens with zero attached hydrogens (tertiary/aromatic N) is 4. The van der Waals surface area contributed by atoms with Crippen LogP contribution in [0.15, 0.2) is 32.9 Å². The number of hydrogen-bond donors (Lipinski definition) is 2. The number of H-pyrrole nitrogens is 1. The third-order valence-electron chi connectivity index (χ3n) is 4.10. The zero-order chi connectivity index (χ0) is 19.6. The number of hydrazone groups is 1. The Kier molecular flexibility index (Phi) is 5.41. The minimum Gasteiger partial charge on any atom is -0.303 e. The number of fused-ring (bicyclic) bond motifs is 1. The first-order valence-corrected chi connectivity index (χ1v) is 8.74. The van der Waals surface area contributed by atoms with Crippen molar-refractivity contribution in [3.63, 3.8) is 0 Å². The maximum absolute atomic E-state index is 13.8. The van der Waals surface area contributed by atoms with Crippen molar-refractivity contribution in [1.29, 1.82) is 0 Å². The van der Waals surface area contributed by atoms with Gasteiger partial charge in [-0.3, -0.25) is 14.3 Å². The lowest BCUT2D eigenvalue weighted by atomic mass is 10.2. The molecule has 142 valence electrons. The summed E-state index contributed by atoms with van der Waals surface area (Å²) in [6.07, 6.45) is 2.94. The van der Waals surface area contributed by atoms with Gasteiger partial charge in [0.2, 0.25) is 5.95 Å². The zero-order valence-electron chi connectivity index (χ0n) is 14.8. The second-order valence-electron chi connectivity index (χ2n) is 5.94. The van der Waals surface area contributed by atoms with Gasteiger partial charge in [-0.05, 0) is 18.6 Å². The minimum absolute atomic E-state index is 0.133. The van der Waals surface area contributed by atoms with Gasteiger partial charge in [0.1, 0.15) is 5.82 Å². The molecule has 0 spiro atoms. The lowest BCUT2D eigenvalue weighted by molar-refractivity contribution is 0.626. The molecule has 0 saturated carbocycles. The van der Waals surface area contributed by atoms with E-state index in [-0.39, 0.29) is 27.7 Å². The van der Waals surface area contributed by atoms with Gasteiger partial charge in [-0.25, -0.2) is 14.6 Å². The molecule has 0 aliphatic heterocycles. The van der Waals surface area contributed by atoms with Crippen LogP contribution in [0, 0.1) is 5.82 Å². The number of aromatic nitrogens is 4.